The van der Waals surface area contributed by atoms with Gasteiger partial charge in [0.15, 0.2) is 0 Å². The van der Waals surface area contributed by atoms with Crippen LogP contribution in [0, 0.1) is 22.7 Å². The highest BCUT2D eigenvalue weighted by atomic mass is 16.5. The van der Waals surface area contributed by atoms with Crippen molar-refractivity contribution in [3.8, 4) is 17.9 Å². The maximum Gasteiger partial charge on any atom is 0.119 e. The zero-order valence-electron chi connectivity index (χ0n) is 27.5. The van der Waals surface area contributed by atoms with Gasteiger partial charge in [0.1, 0.15) is 36.2 Å². The molecule has 0 aromatic heterocycles. The summed E-state index contributed by atoms with van der Waals surface area (Å²) in [5, 5.41) is 24.3. The molecule has 0 heterocycles. The van der Waals surface area contributed by atoms with Crippen molar-refractivity contribution in [1.29, 1.82) is 10.5 Å². The Morgan fingerprint density at radius 2 is 1.48 bits per heavy atom. The van der Waals surface area contributed by atoms with Crippen LogP contribution in [0.5, 0.6) is 5.75 Å². The molecule has 0 spiro atoms. The molecule has 1 aliphatic rings. The number of allylic oxidation sites excluding steroid dienone is 4. The average molecular weight is 619 g/mol. The molecule has 1 atom stereocenters. The molecule has 6 heteroatoms. The number of benzene rings is 3. The first-order valence-corrected chi connectivity index (χ1v) is 16.7. The van der Waals surface area contributed by atoms with Gasteiger partial charge in [0.2, 0.25) is 0 Å². The van der Waals surface area contributed by atoms with E-state index in [1.807, 2.05) is 50.3 Å². The maximum atomic E-state index is 10.6. The van der Waals surface area contributed by atoms with Crippen LogP contribution in [-0.2, 0) is 14.3 Å². The summed E-state index contributed by atoms with van der Waals surface area (Å²) in [6.45, 7) is 7.29. The lowest BCUT2D eigenvalue weighted by Gasteiger charge is -2.20. The SMILES string of the molecule is CC.CC1/C=C\C(OCCCCCC=O)=C/CC/C=C\c2c(C#N)c(C#N)c3ccc4cc(OCCCCCC=O)ccc4c3c21. The molecule has 1 aliphatic carbocycles. The van der Waals surface area contributed by atoms with Crippen LogP contribution in [0.1, 0.15) is 113 Å². The molecule has 6 nitrogen and oxygen atoms in total. The van der Waals surface area contributed by atoms with Crippen LogP contribution < -0.4 is 4.74 Å². The van der Waals surface area contributed by atoms with E-state index in [1.54, 1.807) is 0 Å². The molecule has 1 unspecified atom stereocenters. The van der Waals surface area contributed by atoms with Gasteiger partial charge in [-0.25, -0.2) is 0 Å². The first kappa shape index (κ1) is 35.8. The maximum absolute atomic E-state index is 10.6. The van der Waals surface area contributed by atoms with Crippen molar-refractivity contribution < 1.29 is 19.1 Å². The van der Waals surface area contributed by atoms with Crippen LogP contribution in [-0.4, -0.2) is 25.8 Å². The van der Waals surface area contributed by atoms with Crippen LogP contribution in [0.4, 0.5) is 0 Å². The Bertz CT molecular complexity index is 1650. The van der Waals surface area contributed by atoms with Crippen molar-refractivity contribution in [3.63, 3.8) is 0 Å². The molecule has 0 radical (unpaired) electrons. The van der Waals surface area contributed by atoms with Gasteiger partial charge in [-0.05, 0) is 103 Å². The van der Waals surface area contributed by atoms with E-state index < -0.39 is 0 Å². The van der Waals surface area contributed by atoms with E-state index in [-0.39, 0.29) is 5.92 Å². The fourth-order valence-corrected chi connectivity index (χ4v) is 5.74. The summed E-state index contributed by atoms with van der Waals surface area (Å²) in [5.41, 5.74) is 2.59. The van der Waals surface area contributed by atoms with Crippen LogP contribution in [0.15, 0.2) is 60.4 Å². The molecule has 0 amide bonds. The lowest BCUT2D eigenvalue weighted by Crippen LogP contribution is -2.03. The Balaban J connectivity index is 0.00000282. The van der Waals surface area contributed by atoms with Crippen molar-refractivity contribution in [3.05, 3.63) is 82.6 Å². The lowest BCUT2D eigenvalue weighted by molar-refractivity contribution is -0.108. The Morgan fingerprint density at radius 3 is 2.15 bits per heavy atom. The van der Waals surface area contributed by atoms with E-state index in [0.717, 1.165) is 108 Å². The number of fused-ring (bicyclic) bond motifs is 5. The smallest absolute Gasteiger partial charge is 0.119 e. The van der Waals surface area contributed by atoms with Gasteiger partial charge in [-0.3, -0.25) is 0 Å². The molecule has 0 saturated carbocycles. The molecule has 0 saturated heterocycles. The highest BCUT2D eigenvalue weighted by Crippen LogP contribution is 2.41. The number of nitriles is 2. The molecule has 4 rings (SSSR count). The number of ether oxygens (including phenoxy) is 2. The molecule has 0 bridgehead atoms. The number of carbonyl (C=O) groups excluding carboxylic acids is 2. The lowest BCUT2D eigenvalue weighted by atomic mass is 9.82. The number of nitrogens with zero attached hydrogens (tertiary/aromatic N) is 2. The van der Waals surface area contributed by atoms with Crippen molar-refractivity contribution in [1.82, 2.24) is 0 Å². The summed E-state index contributed by atoms with van der Waals surface area (Å²) in [5.74, 6) is 1.52. The Hall–Kier alpha value is -4.68. The number of carbonyl (C=O) groups is 2. The van der Waals surface area contributed by atoms with Crippen molar-refractivity contribution in [2.24, 2.45) is 0 Å². The van der Waals surface area contributed by atoms with E-state index in [2.05, 4.69) is 43.4 Å². The third-order valence-electron chi connectivity index (χ3n) is 8.00. The number of rotatable bonds is 14. The predicted octanol–water partition coefficient (Wildman–Crippen LogP) is 10.0. The zero-order valence-corrected chi connectivity index (χ0v) is 27.5. The molecular weight excluding hydrogens is 572 g/mol. The highest BCUT2D eigenvalue weighted by Gasteiger charge is 2.22. The summed E-state index contributed by atoms with van der Waals surface area (Å²) in [6, 6.07) is 14.7. The molecule has 240 valence electrons. The van der Waals surface area contributed by atoms with Gasteiger partial charge in [-0.2, -0.15) is 10.5 Å². The van der Waals surface area contributed by atoms with Crippen molar-refractivity contribution in [2.75, 3.05) is 13.2 Å². The predicted molar refractivity (Wildman–Crippen MR) is 187 cm³/mol. The molecular formula is C40H46N2O4. The molecule has 0 fully saturated rings. The zero-order chi connectivity index (χ0) is 33.1. The largest absolute Gasteiger partial charge is 0.494 e. The van der Waals surface area contributed by atoms with Crippen molar-refractivity contribution in [2.45, 2.75) is 90.9 Å². The highest BCUT2D eigenvalue weighted by molar-refractivity contribution is 6.13. The monoisotopic (exact) mass is 618 g/mol. The minimum absolute atomic E-state index is 0.0809. The summed E-state index contributed by atoms with van der Waals surface area (Å²) in [7, 11) is 0. The second-order valence-electron chi connectivity index (χ2n) is 11.1. The minimum Gasteiger partial charge on any atom is -0.494 e. The van der Waals surface area contributed by atoms with Gasteiger partial charge >= 0.3 is 0 Å². The molecule has 0 aliphatic heterocycles. The standard InChI is InChI=1S/C38H40N2O4.C2H6/c1-28-15-17-30(43-23-11-4-2-9-21-41)13-7-6-8-14-33-35(26-39)36(27-40)34-19-16-29-25-31(44-24-12-5-3-10-22-42)18-20-32(29)38(34)37(28)33;1-2/h8,13-22,25,28H,2-7,9-12,23-24H2,1H3;1-2H3/b14-8-,17-15-,30-13+;. The second-order valence-corrected chi connectivity index (χ2v) is 11.1. The molecule has 3 aromatic rings. The van der Waals surface area contributed by atoms with Gasteiger partial charge in [0.05, 0.1) is 24.3 Å². The van der Waals surface area contributed by atoms with Crippen LogP contribution in [0.25, 0.3) is 27.6 Å². The first-order valence-electron chi connectivity index (χ1n) is 16.7. The average Bonchev–Trinajstić information content (AvgIpc) is 3.12. The second kappa shape index (κ2) is 19.7. The van der Waals surface area contributed by atoms with E-state index in [1.165, 1.54) is 0 Å². The molecule has 0 N–H and O–H groups in total. The summed E-state index contributed by atoms with van der Waals surface area (Å²) < 4.78 is 12.2. The normalized spacial score (nSPS) is 16.6. The number of hydrogen-bond donors (Lipinski definition) is 0. The first-order chi connectivity index (χ1) is 22.6. The number of hydrogen-bond acceptors (Lipinski definition) is 6. The van der Waals surface area contributed by atoms with E-state index in [4.69, 9.17) is 9.47 Å². The van der Waals surface area contributed by atoms with E-state index in [9.17, 15) is 20.1 Å². The Labute approximate surface area is 274 Å². The summed E-state index contributed by atoms with van der Waals surface area (Å²) in [6.07, 6.45) is 20.4. The fourth-order valence-electron chi connectivity index (χ4n) is 5.74. The van der Waals surface area contributed by atoms with Crippen LogP contribution >= 0.6 is 0 Å². The number of aldehydes is 2. The third kappa shape index (κ3) is 9.41. The van der Waals surface area contributed by atoms with Gasteiger partial charge in [0.25, 0.3) is 0 Å². The van der Waals surface area contributed by atoms with Crippen LogP contribution in [0.3, 0.4) is 0 Å². The van der Waals surface area contributed by atoms with Crippen LogP contribution in [0.2, 0.25) is 0 Å². The topological polar surface area (TPSA) is 100 Å². The summed E-state index contributed by atoms with van der Waals surface area (Å²) >= 11 is 0. The van der Waals surface area contributed by atoms with Gasteiger partial charge in [-0.1, -0.05) is 57.2 Å². The minimum atomic E-state index is -0.0809. The molecule has 46 heavy (non-hydrogen) atoms. The third-order valence-corrected chi connectivity index (χ3v) is 8.00. The Kier molecular flexibility index (Phi) is 15.3. The quantitative estimate of drug-likeness (QED) is 0.101. The fraction of sp³-hybridized carbons (Fsp3) is 0.400. The van der Waals surface area contributed by atoms with Gasteiger partial charge < -0.3 is 19.1 Å². The Morgan fingerprint density at radius 1 is 0.804 bits per heavy atom. The van der Waals surface area contributed by atoms with E-state index >= 15 is 0 Å². The summed E-state index contributed by atoms with van der Waals surface area (Å²) in [4.78, 5) is 21.1. The number of unbranched alkanes of at least 4 members (excludes halogenated alkanes) is 6. The van der Waals surface area contributed by atoms with E-state index in [0.29, 0.717) is 37.2 Å². The molecule has 3 aromatic carbocycles. The van der Waals surface area contributed by atoms with Crippen molar-refractivity contribution >= 4 is 40.2 Å². The van der Waals surface area contributed by atoms with Gasteiger partial charge in [-0.15, -0.1) is 0 Å². The van der Waals surface area contributed by atoms with Gasteiger partial charge in [0, 0.05) is 24.1 Å².